The van der Waals surface area contributed by atoms with E-state index in [0.717, 1.165) is 18.4 Å². The Morgan fingerprint density at radius 2 is 2.07 bits per heavy atom. The normalized spacial score (nSPS) is 28.6. The summed E-state index contributed by atoms with van der Waals surface area (Å²) in [5.74, 6) is 2.50. The molecule has 0 aromatic rings. The van der Waals surface area contributed by atoms with Gasteiger partial charge in [0.05, 0.1) is 6.61 Å². The highest BCUT2D eigenvalue weighted by atomic mass is 16.5. The molecule has 0 aromatic heterocycles. The van der Waals surface area contributed by atoms with Crippen LogP contribution in [0, 0.1) is 17.8 Å². The van der Waals surface area contributed by atoms with Crippen molar-refractivity contribution in [3.8, 4) is 0 Å². The first-order chi connectivity index (χ1) is 7.13. The molecule has 0 bridgehead atoms. The Balaban J connectivity index is 2.21. The first-order valence-electron chi connectivity index (χ1n) is 6.35. The first kappa shape index (κ1) is 13.0. The minimum Gasteiger partial charge on any atom is -0.383 e. The number of ether oxygens (including phenoxy) is 1. The Bertz CT molecular complexity index is 170. The molecule has 2 heteroatoms. The molecule has 0 saturated heterocycles. The van der Waals surface area contributed by atoms with E-state index in [1.165, 1.54) is 25.8 Å². The van der Waals surface area contributed by atoms with Gasteiger partial charge in [0.2, 0.25) is 0 Å². The van der Waals surface area contributed by atoms with Gasteiger partial charge in [0.25, 0.3) is 0 Å². The summed E-state index contributed by atoms with van der Waals surface area (Å²) in [6, 6.07) is 0.519. The number of hydrogen-bond acceptors (Lipinski definition) is 2. The fourth-order valence-corrected chi connectivity index (χ4v) is 2.50. The molecular formula is C13H27NO. The van der Waals surface area contributed by atoms with Gasteiger partial charge in [0, 0.05) is 13.2 Å². The maximum absolute atomic E-state index is 5.24. The van der Waals surface area contributed by atoms with Crippen LogP contribution in [0.1, 0.15) is 40.0 Å². The van der Waals surface area contributed by atoms with Crippen LogP contribution < -0.4 is 5.32 Å². The number of nitrogens with one attached hydrogen (secondary N) is 1. The third-order valence-corrected chi connectivity index (χ3v) is 3.62. The predicted octanol–water partition coefficient (Wildman–Crippen LogP) is 2.68. The Morgan fingerprint density at radius 3 is 2.53 bits per heavy atom. The number of methoxy groups -OCH3 is 1. The minimum absolute atomic E-state index is 0.519. The molecule has 3 unspecified atom stereocenters. The average Bonchev–Trinajstić information content (AvgIpc) is 2.58. The molecule has 1 fully saturated rings. The SMILES string of the molecule is COCC(NCC1CCC(C)C1)C(C)C. The molecule has 15 heavy (non-hydrogen) atoms. The monoisotopic (exact) mass is 213 g/mol. The fourth-order valence-electron chi connectivity index (χ4n) is 2.50. The average molecular weight is 213 g/mol. The number of rotatable bonds is 6. The molecular weight excluding hydrogens is 186 g/mol. The Kier molecular flexibility index (Phi) is 5.62. The molecule has 0 heterocycles. The van der Waals surface area contributed by atoms with Crippen LogP contribution in [0.3, 0.4) is 0 Å². The van der Waals surface area contributed by atoms with Crippen LogP contribution in [-0.2, 0) is 4.74 Å². The second-order valence-electron chi connectivity index (χ2n) is 5.50. The topological polar surface area (TPSA) is 21.3 Å². The molecule has 0 amide bonds. The van der Waals surface area contributed by atoms with Gasteiger partial charge in [-0.2, -0.15) is 0 Å². The van der Waals surface area contributed by atoms with Crippen molar-refractivity contribution >= 4 is 0 Å². The molecule has 0 aliphatic heterocycles. The summed E-state index contributed by atoms with van der Waals surface area (Å²) in [5.41, 5.74) is 0. The van der Waals surface area contributed by atoms with Crippen molar-refractivity contribution in [2.75, 3.05) is 20.3 Å². The highest BCUT2D eigenvalue weighted by Gasteiger charge is 2.22. The van der Waals surface area contributed by atoms with Gasteiger partial charge in [0.1, 0.15) is 0 Å². The lowest BCUT2D eigenvalue weighted by Crippen LogP contribution is -2.40. The van der Waals surface area contributed by atoms with Crippen LogP contribution in [0.4, 0.5) is 0 Å². The fraction of sp³-hybridized carbons (Fsp3) is 1.00. The zero-order chi connectivity index (χ0) is 11.3. The molecule has 2 nitrogen and oxygen atoms in total. The van der Waals surface area contributed by atoms with E-state index in [1.54, 1.807) is 7.11 Å². The van der Waals surface area contributed by atoms with Crippen LogP contribution in [0.2, 0.25) is 0 Å². The third-order valence-electron chi connectivity index (χ3n) is 3.62. The zero-order valence-electron chi connectivity index (χ0n) is 10.8. The van der Waals surface area contributed by atoms with Crippen molar-refractivity contribution in [1.82, 2.24) is 5.32 Å². The summed E-state index contributed by atoms with van der Waals surface area (Å²) >= 11 is 0. The van der Waals surface area contributed by atoms with Gasteiger partial charge in [-0.05, 0) is 37.1 Å². The lowest BCUT2D eigenvalue weighted by Gasteiger charge is -2.23. The second-order valence-corrected chi connectivity index (χ2v) is 5.50. The van der Waals surface area contributed by atoms with Gasteiger partial charge in [-0.25, -0.2) is 0 Å². The molecule has 1 rings (SSSR count). The zero-order valence-corrected chi connectivity index (χ0v) is 10.8. The van der Waals surface area contributed by atoms with Crippen molar-refractivity contribution in [3.63, 3.8) is 0 Å². The molecule has 0 spiro atoms. The second kappa shape index (κ2) is 6.49. The molecule has 1 N–H and O–H groups in total. The standard InChI is InChI=1S/C13H27NO/c1-10(2)13(9-15-4)14-8-12-6-5-11(3)7-12/h10-14H,5-9H2,1-4H3. The largest absolute Gasteiger partial charge is 0.383 e. The van der Waals surface area contributed by atoms with Gasteiger partial charge in [-0.3, -0.25) is 0 Å². The lowest BCUT2D eigenvalue weighted by molar-refractivity contribution is 0.144. The van der Waals surface area contributed by atoms with E-state index in [1.807, 2.05) is 0 Å². The lowest BCUT2D eigenvalue weighted by atomic mass is 10.0. The van der Waals surface area contributed by atoms with E-state index in [0.29, 0.717) is 12.0 Å². The Morgan fingerprint density at radius 1 is 1.33 bits per heavy atom. The van der Waals surface area contributed by atoms with E-state index in [2.05, 4.69) is 26.1 Å². The van der Waals surface area contributed by atoms with Crippen molar-refractivity contribution in [2.24, 2.45) is 17.8 Å². The van der Waals surface area contributed by atoms with E-state index >= 15 is 0 Å². The molecule has 90 valence electrons. The summed E-state index contributed by atoms with van der Waals surface area (Å²) in [6.45, 7) is 8.90. The van der Waals surface area contributed by atoms with Crippen LogP contribution >= 0.6 is 0 Å². The molecule has 1 saturated carbocycles. The summed E-state index contributed by atoms with van der Waals surface area (Å²) < 4.78 is 5.24. The first-order valence-corrected chi connectivity index (χ1v) is 6.35. The van der Waals surface area contributed by atoms with Crippen molar-refractivity contribution in [1.29, 1.82) is 0 Å². The van der Waals surface area contributed by atoms with Gasteiger partial charge in [-0.1, -0.05) is 27.2 Å². The van der Waals surface area contributed by atoms with Crippen LogP contribution in [-0.4, -0.2) is 26.3 Å². The summed E-state index contributed by atoms with van der Waals surface area (Å²) in [6.07, 6.45) is 4.24. The molecule has 0 aromatic carbocycles. The van der Waals surface area contributed by atoms with Crippen molar-refractivity contribution in [2.45, 2.75) is 46.1 Å². The summed E-state index contributed by atoms with van der Waals surface area (Å²) in [5, 5.41) is 3.66. The van der Waals surface area contributed by atoms with E-state index < -0.39 is 0 Å². The summed E-state index contributed by atoms with van der Waals surface area (Å²) in [4.78, 5) is 0. The predicted molar refractivity (Wildman–Crippen MR) is 65.0 cm³/mol. The van der Waals surface area contributed by atoms with Crippen molar-refractivity contribution < 1.29 is 4.74 Å². The van der Waals surface area contributed by atoms with Crippen LogP contribution in [0.5, 0.6) is 0 Å². The van der Waals surface area contributed by atoms with Crippen LogP contribution in [0.15, 0.2) is 0 Å². The smallest absolute Gasteiger partial charge is 0.0618 e. The highest BCUT2D eigenvalue weighted by Crippen LogP contribution is 2.29. The maximum Gasteiger partial charge on any atom is 0.0618 e. The number of hydrogen-bond donors (Lipinski definition) is 1. The van der Waals surface area contributed by atoms with Gasteiger partial charge in [0.15, 0.2) is 0 Å². The quantitative estimate of drug-likeness (QED) is 0.732. The van der Waals surface area contributed by atoms with Crippen LogP contribution in [0.25, 0.3) is 0 Å². The molecule has 3 atom stereocenters. The van der Waals surface area contributed by atoms with E-state index in [-0.39, 0.29) is 0 Å². The minimum atomic E-state index is 0.519. The van der Waals surface area contributed by atoms with Gasteiger partial charge in [-0.15, -0.1) is 0 Å². The van der Waals surface area contributed by atoms with E-state index in [4.69, 9.17) is 4.74 Å². The van der Waals surface area contributed by atoms with E-state index in [9.17, 15) is 0 Å². The van der Waals surface area contributed by atoms with Gasteiger partial charge >= 0.3 is 0 Å². The van der Waals surface area contributed by atoms with Crippen molar-refractivity contribution in [3.05, 3.63) is 0 Å². The highest BCUT2D eigenvalue weighted by molar-refractivity contribution is 4.77. The Hall–Kier alpha value is -0.0800. The third kappa shape index (κ3) is 4.52. The molecule has 0 radical (unpaired) electrons. The van der Waals surface area contributed by atoms with Gasteiger partial charge < -0.3 is 10.1 Å². The molecule has 1 aliphatic carbocycles. The molecule has 1 aliphatic rings. The maximum atomic E-state index is 5.24. The Labute approximate surface area is 94.8 Å². The summed E-state index contributed by atoms with van der Waals surface area (Å²) in [7, 11) is 1.79.